The molecule has 0 aromatic carbocycles. The van der Waals surface area contributed by atoms with Gasteiger partial charge in [-0.05, 0) is 17.9 Å². The van der Waals surface area contributed by atoms with E-state index in [1.165, 1.54) is 13.2 Å². The highest BCUT2D eigenvalue weighted by atomic mass is 16.4. The standard InChI is InChI=1S/C10H14N2O3/c1-6(2)4-7-5-11-12(3)9(13)8(7)10(14)15/h5-6H,4H2,1-3H3,(H,14,15). The molecule has 1 aromatic heterocycles. The van der Waals surface area contributed by atoms with Gasteiger partial charge in [0.25, 0.3) is 5.56 Å². The largest absolute Gasteiger partial charge is 0.477 e. The van der Waals surface area contributed by atoms with Crippen LogP contribution in [0.1, 0.15) is 29.8 Å². The van der Waals surface area contributed by atoms with Crippen LogP contribution in [0.2, 0.25) is 0 Å². The Hall–Kier alpha value is -1.65. The number of aromatic nitrogens is 2. The van der Waals surface area contributed by atoms with Crippen molar-refractivity contribution < 1.29 is 9.90 Å². The number of carbonyl (C=O) groups is 1. The third-order valence-corrected chi connectivity index (χ3v) is 2.06. The third kappa shape index (κ3) is 2.43. The van der Waals surface area contributed by atoms with Crippen molar-refractivity contribution in [3.8, 4) is 0 Å². The molecule has 82 valence electrons. The monoisotopic (exact) mass is 210 g/mol. The fraction of sp³-hybridized carbons (Fsp3) is 0.500. The summed E-state index contributed by atoms with van der Waals surface area (Å²) in [6, 6.07) is 0. The van der Waals surface area contributed by atoms with Gasteiger partial charge in [0.05, 0.1) is 6.20 Å². The highest BCUT2D eigenvalue weighted by molar-refractivity contribution is 5.88. The summed E-state index contributed by atoms with van der Waals surface area (Å²) in [4.78, 5) is 22.5. The molecule has 0 saturated heterocycles. The Bertz CT molecular complexity index is 435. The number of carboxylic acids is 1. The lowest BCUT2D eigenvalue weighted by Gasteiger charge is -2.08. The molecule has 0 radical (unpaired) electrons. The van der Waals surface area contributed by atoms with Crippen LogP contribution in [0, 0.1) is 5.92 Å². The Morgan fingerprint density at radius 3 is 2.67 bits per heavy atom. The van der Waals surface area contributed by atoms with Crippen LogP contribution >= 0.6 is 0 Å². The zero-order valence-corrected chi connectivity index (χ0v) is 9.02. The summed E-state index contributed by atoms with van der Waals surface area (Å²) in [5, 5.41) is 12.8. The minimum absolute atomic E-state index is 0.166. The van der Waals surface area contributed by atoms with Gasteiger partial charge < -0.3 is 5.11 Å². The summed E-state index contributed by atoms with van der Waals surface area (Å²) in [5.41, 5.74) is -0.220. The molecule has 0 atom stereocenters. The second kappa shape index (κ2) is 4.25. The van der Waals surface area contributed by atoms with Gasteiger partial charge in [0.1, 0.15) is 5.56 Å². The maximum atomic E-state index is 11.5. The average molecular weight is 210 g/mol. The van der Waals surface area contributed by atoms with E-state index in [0.717, 1.165) is 4.68 Å². The molecule has 0 unspecified atom stereocenters. The Kier molecular flexibility index (Phi) is 3.24. The Morgan fingerprint density at radius 1 is 1.60 bits per heavy atom. The second-order valence-corrected chi connectivity index (χ2v) is 3.88. The number of carboxylic acid groups (broad SMARTS) is 1. The molecule has 5 nitrogen and oxygen atoms in total. The molecule has 0 amide bonds. The topological polar surface area (TPSA) is 72.2 Å². The number of hydrogen-bond donors (Lipinski definition) is 1. The quantitative estimate of drug-likeness (QED) is 0.796. The number of aromatic carboxylic acids is 1. The first-order chi connectivity index (χ1) is 6.93. The summed E-state index contributed by atoms with van der Waals surface area (Å²) in [5.74, 6) is -0.898. The van der Waals surface area contributed by atoms with E-state index in [-0.39, 0.29) is 11.5 Å². The minimum Gasteiger partial charge on any atom is -0.477 e. The van der Waals surface area contributed by atoms with Gasteiger partial charge in [-0.15, -0.1) is 0 Å². The molecule has 15 heavy (non-hydrogen) atoms. The molecule has 1 N–H and O–H groups in total. The van der Waals surface area contributed by atoms with Gasteiger partial charge >= 0.3 is 5.97 Å². The summed E-state index contributed by atoms with van der Waals surface area (Å²) >= 11 is 0. The molecule has 0 bridgehead atoms. The predicted molar refractivity (Wildman–Crippen MR) is 55.0 cm³/mol. The molecule has 1 rings (SSSR count). The maximum absolute atomic E-state index is 11.5. The molecule has 0 fully saturated rings. The highest BCUT2D eigenvalue weighted by Crippen LogP contribution is 2.09. The van der Waals surface area contributed by atoms with Crippen LogP contribution in [0.4, 0.5) is 0 Å². The van der Waals surface area contributed by atoms with Crippen molar-refractivity contribution in [2.45, 2.75) is 20.3 Å². The van der Waals surface area contributed by atoms with Crippen LogP contribution in [-0.4, -0.2) is 20.9 Å². The molecule has 0 aliphatic rings. The first-order valence-electron chi connectivity index (χ1n) is 4.72. The zero-order valence-electron chi connectivity index (χ0n) is 9.02. The number of nitrogens with zero attached hydrogens (tertiary/aromatic N) is 2. The molecular weight excluding hydrogens is 196 g/mol. The van der Waals surface area contributed by atoms with Crippen molar-refractivity contribution in [3.05, 3.63) is 27.7 Å². The molecule has 1 aromatic rings. The first-order valence-corrected chi connectivity index (χ1v) is 4.72. The van der Waals surface area contributed by atoms with Crippen LogP contribution in [0.5, 0.6) is 0 Å². The van der Waals surface area contributed by atoms with Crippen molar-refractivity contribution >= 4 is 5.97 Å². The number of rotatable bonds is 3. The Labute approximate surface area is 87.4 Å². The summed E-state index contributed by atoms with van der Waals surface area (Å²) in [6.45, 7) is 3.92. The summed E-state index contributed by atoms with van der Waals surface area (Å²) < 4.78 is 1.03. The molecule has 5 heteroatoms. The van der Waals surface area contributed by atoms with Crippen molar-refractivity contribution in [1.82, 2.24) is 9.78 Å². The Balaban J connectivity index is 3.34. The minimum atomic E-state index is -1.19. The zero-order chi connectivity index (χ0) is 11.6. The van der Waals surface area contributed by atoms with Gasteiger partial charge in [-0.25, -0.2) is 9.48 Å². The smallest absolute Gasteiger partial charge is 0.341 e. The second-order valence-electron chi connectivity index (χ2n) is 3.88. The lowest BCUT2D eigenvalue weighted by molar-refractivity contribution is 0.0692. The lowest BCUT2D eigenvalue weighted by atomic mass is 10.0. The van der Waals surface area contributed by atoms with Crippen molar-refractivity contribution in [2.24, 2.45) is 13.0 Å². The SMILES string of the molecule is CC(C)Cc1cnn(C)c(=O)c1C(=O)O. The molecule has 0 aliphatic carbocycles. The van der Waals surface area contributed by atoms with Crippen LogP contribution in [0.3, 0.4) is 0 Å². The average Bonchev–Trinajstić information content (AvgIpc) is 2.10. The fourth-order valence-electron chi connectivity index (χ4n) is 1.40. The van der Waals surface area contributed by atoms with Crippen LogP contribution in [0.15, 0.2) is 11.0 Å². The van der Waals surface area contributed by atoms with E-state index in [2.05, 4.69) is 5.10 Å². The van der Waals surface area contributed by atoms with Gasteiger partial charge in [-0.1, -0.05) is 13.8 Å². The van der Waals surface area contributed by atoms with Crippen molar-refractivity contribution in [1.29, 1.82) is 0 Å². The lowest BCUT2D eigenvalue weighted by Crippen LogP contribution is -2.28. The van der Waals surface area contributed by atoms with Gasteiger partial charge in [0, 0.05) is 7.05 Å². The Morgan fingerprint density at radius 2 is 2.20 bits per heavy atom. The first kappa shape index (κ1) is 11.4. The molecular formula is C10H14N2O3. The van der Waals surface area contributed by atoms with Crippen molar-refractivity contribution in [2.75, 3.05) is 0 Å². The predicted octanol–water partition coefficient (Wildman–Crippen LogP) is 0.677. The van der Waals surface area contributed by atoms with Crippen LogP contribution < -0.4 is 5.56 Å². The number of hydrogen-bond acceptors (Lipinski definition) is 3. The van der Waals surface area contributed by atoms with E-state index in [0.29, 0.717) is 12.0 Å². The summed E-state index contributed by atoms with van der Waals surface area (Å²) in [6.07, 6.45) is 2.00. The van der Waals surface area contributed by atoms with Gasteiger partial charge in [-0.3, -0.25) is 4.79 Å². The summed E-state index contributed by atoms with van der Waals surface area (Å²) in [7, 11) is 1.44. The van der Waals surface area contributed by atoms with E-state index in [9.17, 15) is 9.59 Å². The van der Waals surface area contributed by atoms with E-state index in [1.54, 1.807) is 0 Å². The third-order valence-electron chi connectivity index (χ3n) is 2.06. The van der Waals surface area contributed by atoms with E-state index < -0.39 is 11.5 Å². The maximum Gasteiger partial charge on any atom is 0.341 e. The van der Waals surface area contributed by atoms with E-state index >= 15 is 0 Å². The highest BCUT2D eigenvalue weighted by Gasteiger charge is 2.17. The molecule has 0 aliphatic heterocycles. The van der Waals surface area contributed by atoms with Crippen LogP contribution in [-0.2, 0) is 13.5 Å². The van der Waals surface area contributed by atoms with Gasteiger partial charge in [-0.2, -0.15) is 5.10 Å². The fourth-order valence-corrected chi connectivity index (χ4v) is 1.40. The van der Waals surface area contributed by atoms with Crippen molar-refractivity contribution in [3.63, 3.8) is 0 Å². The van der Waals surface area contributed by atoms with Gasteiger partial charge in [0.15, 0.2) is 0 Å². The molecule has 1 heterocycles. The number of aryl methyl sites for hydroxylation is 1. The van der Waals surface area contributed by atoms with E-state index in [1.807, 2.05) is 13.8 Å². The normalized spacial score (nSPS) is 10.7. The molecule has 0 saturated carbocycles. The van der Waals surface area contributed by atoms with Crippen LogP contribution in [0.25, 0.3) is 0 Å². The molecule has 0 spiro atoms. The van der Waals surface area contributed by atoms with E-state index in [4.69, 9.17) is 5.11 Å². The van der Waals surface area contributed by atoms with Gasteiger partial charge in [0.2, 0.25) is 0 Å².